The van der Waals surface area contributed by atoms with Gasteiger partial charge in [0.2, 0.25) is 9.84 Å². The van der Waals surface area contributed by atoms with E-state index in [-0.39, 0.29) is 11.0 Å². The Labute approximate surface area is 76.3 Å². The highest BCUT2D eigenvalue weighted by molar-refractivity contribution is 7.91. The van der Waals surface area contributed by atoms with Crippen molar-refractivity contribution < 1.29 is 17.9 Å². The van der Waals surface area contributed by atoms with Crippen LogP contribution in [0, 0.1) is 13.8 Å². The molecule has 0 spiro atoms. The molecule has 0 aliphatic rings. The molecule has 1 rings (SSSR count). The van der Waals surface area contributed by atoms with Crippen LogP contribution in [0.3, 0.4) is 0 Å². The smallest absolute Gasteiger partial charge is 0.315 e. The number of nitrogens with zero attached hydrogens (tertiary/aromatic N) is 1. The fraction of sp³-hybridized carbons (Fsp3) is 0.571. The molecule has 0 unspecified atom stereocenters. The maximum atomic E-state index is 11.3. The molecule has 0 fully saturated rings. The quantitative estimate of drug-likeness (QED) is 0.754. The first kappa shape index (κ1) is 10.2. The van der Waals surface area contributed by atoms with E-state index in [9.17, 15) is 8.42 Å². The summed E-state index contributed by atoms with van der Waals surface area (Å²) in [6.45, 7) is 2.87. The first-order chi connectivity index (χ1) is 5.97. The zero-order valence-corrected chi connectivity index (χ0v) is 8.26. The number of rotatable bonds is 3. The van der Waals surface area contributed by atoms with Gasteiger partial charge < -0.3 is 9.52 Å². The van der Waals surface area contributed by atoms with Gasteiger partial charge in [-0.15, -0.1) is 0 Å². The van der Waals surface area contributed by atoms with Gasteiger partial charge >= 0.3 is 5.22 Å². The molecule has 0 aliphatic carbocycles. The summed E-state index contributed by atoms with van der Waals surface area (Å²) in [6, 6.07) is 0. The van der Waals surface area contributed by atoms with Crippen LogP contribution in [0.2, 0.25) is 0 Å². The fourth-order valence-corrected chi connectivity index (χ4v) is 1.73. The monoisotopic (exact) mass is 205 g/mol. The van der Waals surface area contributed by atoms with E-state index in [2.05, 4.69) is 4.98 Å². The van der Waals surface area contributed by atoms with Gasteiger partial charge in [-0.1, -0.05) is 0 Å². The molecule has 74 valence electrons. The summed E-state index contributed by atoms with van der Waals surface area (Å²) in [4.78, 5) is 3.73. The van der Waals surface area contributed by atoms with Crippen LogP contribution in [0.4, 0.5) is 0 Å². The molecule has 1 heterocycles. The Morgan fingerprint density at radius 1 is 1.46 bits per heavy atom. The Hall–Kier alpha value is -0.880. The van der Waals surface area contributed by atoms with E-state index in [1.807, 2.05) is 0 Å². The van der Waals surface area contributed by atoms with Crippen LogP contribution in [-0.2, 0) is 9.84 Å². The molecule has 1 aromatic rings. The van der Waals surface area contributed by atoms with Crippen molar-refractivity contribution in [3.8, 4) is 0 Å². The molecule has 0 bridgehead atoms. The Balaban J connectivity index is 3.08. The lowest BCUT2D eigenvalue weighted by Gasteiger charge is -1.94. The molecule has 0 atom stereocenters. The van der Waals surface area contributed by atoms with E-state index < -0.39 is 16.4 Å². The Morgan fingerprint density at radius 2 is 2.08 bits per heavy atom. The molecule has 13 heavy (non-hydrogen) atoms. The number of aliphatic hydroxyl groups excluding tert-OH is 1. The van der Waals surface area contributed by atoms with Crippen LogP contribution >= 0.6 is 0 Å². The van der Waals surface area contributed by atoms with E-state index in [0.717, 1.165) is 0 Å². The summed E-state index contributed by atoms with van der Waals surface area (Å²) < 4.78 is 27.5. The van der Waals surface area contributed by atoms with Crippen molar-refractivity contribution in [2.75, 3.05) is 12.4 Å². The van der Waals surface area contributed by atoms with Crippen molar-refractivity contribution in [3.05, 3.63) is 11.5 Å². The number of aryl methyl sites for hydroxylation is 2. The number of sulfone groups is 1. The van der Waals surface area contributed by atoms with Gasteiger partial charge in [0.05, 0.1) is 18.1 Å². The van der Waals surface area contributed by atoms with Crippen LogP contribution in [0.15, 0.2) is 9.64 Å². The summed E-state index contributed by atoms with van der Waals surface area (Å²) in [7, 11) is -3.54. The number of aromatic nitrogens is 1. The second-order valence-electron chi connectivity index (χ2n) is 2.66. The Bertz CT molecular complexity index is 373. The van der Waals surface area contributed by atoms with Gasteiger partial charge in [0, 0.05) is 0 Å². The third kappa shape index (κ3) is 2.07. The Morgan fingerprint density at radius 3 is 2.46 bits per heavy atom. The van der Waals surface area contributed by atoms with Crippen molar-refractivity contribution >= 4 is 9.84 Å². The van der Waals surface area contributed by atoms with Gasteiger partial charge in [-0.05, 0) is 13.8 Å². The average molecular weight is 205 g/mol. The minimum Gasteiger partial charge on any atom is -0.433 e. The molecule has 1 N–H and O–H groups in total. The summed E-state index contributed by atoms with van der Waals surface area (Å²) in [5.74, 6) is 0.128. The summed E-state index contributed by atoms with van der Waals surface area (Å²) in [5.41, 5.74) is 0.552. The minimum absolute atomic E-state index is 0.309. The molecule has 0 amide bonds. The lowest BCUT2D eigenvalue weighted by atomic mass is 10.4. The minimum atomic E-state index is -3.54. The predicted octanol–water partition coefficient (Wildman–Crippen LogP) is 0.0574. The first-order valence-corrected chi connectivity index (χ1v) is 5.40. The molecule has 1 aromatic heterocycles. The fourth-order valence-electron chi connectivity index (χ4n) is 0.784. The normalized spacial score (nSPS) is 11.9. The molecule has 0 aromatic carbocycles. The molecular formula is C7H11NO4S. The van der Waals surface area contributed by atoms with E-state index in [1.54, 1.807) is 13.8 Å². The summed E-state index contributed by atoms with van der Waals surface area (Å²) >= 11 is 0. The number of hydrogen-bond donors (Lipinski definition) is 1. The van der Waals surface area contributed by atoms with E-state index in [4.69, 9.17) is 9.52 Å². The lowest BCUT2D eigenvalue weighted by molar-refractivity contribution is 0.317. The number of aliphatic hydroxyl groups is 1. The third-order valence-electron chi connectivity index (χ3n) is 1.63. The van der Waals surface area contributed by atoms with Crippen LogP contribution in [0.25, 0.3) is 0 Å². The second kappa shape index (κ2) is 3.47. The van der Waals surface area contributed by atoms with Crippen LogP contribution in [0.1, 0.15) is 11.5 Å². The molecular weight excluding hydrogens is 194 g/mol. The maximum Gasteiger partial charge on any atom is 0.315 e. The topological polar surface area (TPSA) is 80.4 Å². The zero-order chi connectivity index (χ0) is 10.1. The van der Waals surface area contributed by atoms with E-state index >= 15 is 0 Å². The molecule has 0 aliphatic heterocycles. The summed E-state index contributed by atoms with van der Waals surface area (Å²) in [5, 5.41) is 8.18. The SMILES string of the molecule is Cc1nc(S(=O)(=O)CCO)oc1C. The largest absolute Gasteiger partial charge is 0.433 e. The van der Waals surface area contributed by atoms with Crippen molar-refractivity contribution in [3.63, 3.8) is 0 Å². The zero-order valence-electron chi connectivity index (χ0n) is 7.44. The predicted molar refractivity (Wildman–Crippen MR) is 45.1 cm³/mol. The van der Waals surface area contributed by atoms with Gasteiger partial charge in [0.1, 0.15) is 5.76 Å². The van der Waals surface area contributed by atoms with Crippen LogP contribution in [-0.4, -0.2) is 30.9 Å². The van der Waals surface area contributed by atoms with Crippen molar-refractivity contribution in [1.82, 2.24) is 4.98 Å². The van der Waals surface area contributed by atoms with Crippen molar-refractivity contribution in [1.29, 1.82) is 0 Å². The van der Waals surface area contributed by atoms with E-state index in [0.29, 0.717) is 11.5 Å². The third-order valence-corrected chi connectivity index (χ3v) is 3.06. The standard InChI is InChI=1S/C7H11NO4S/c1-5-6(2)12-7(8-5)13(10,11)4-3-9/h9H,3-4H2,1-2H3. The average Bonchev–Trinajstić information content (AvgIpc) is 2.33. The highest BCUT2D eigenvalue weighted by Crippen LogP contribution is 2.14. The second-order valence-corrected chi connectivity index (χ2v) is 4.65. The van der Waals surface area contributed by atoms with Crippen molar-refractivity contribution in [2.24, 2.45) is 0 Å². The van der Waals surface area contributed by atoms with Gasteiger partial charge in [0.15, 0.2) is 0 Å². The first-order valence-electron chi connectivity index (χ1n) is 3.75. The highest BCUT2D eigenvalue weighted by Gasteiger charge is 2.21. The van der Waals surface area contributed by atoms with Crippen molar-refractivity contribution in [2.45, 2.75) is 19.1 Å². The van der Waals surface area contributed by atoms with Gasteiger partial charge in [-0.25, -0.2) is 13.4 Å². The number of hydrogen-bond acceptors (Lipinski definition) is 5. The van der Waals surface area contributed by atoms with Crippen LogP contribution < -0.4 is 0 Å². The molecule has 0 radical (unpaired) electrons. The lowest BCUT2D eigenvalue weighted by Crippen LogP contribution is -2.10. The maximum absolute atomic E-state index is 11.3. The summed E-state index contributed by atoms with van der Waals surface area (Å²) in [6.07, 6.45) is 0. The molecule has 0 saturated carbocycles. The van der Waals surface area contributed by atoms with E-state index in [1.165, 1.54) is 0 Å². The van der Waals surface area contributed by atoms with Gasteiger partial charge in [0.25, 0.3) is 0 Å². The Kier molecular flexibility index (Phi) is 2.72. The van der Waals surface area contributed by atoms with Gasteiger partial charge in [-0.2, -0.15) is 0 Å². The molecule has 6 heteroatoms. The highest BCUT2D eigenvalue weighted by atomic mass is 32.2. The number of oxazole rings is 1. The van der Waals surface area contributed by atoms with Gasteiger partial charge in [-0.3, -0.25) is 0 Å². The molecule has 0 saturated heterocycles. The molecule has 5 nitrogen and oxygen atoms in total. The van der Waals surface area contributed by atoms with Crippen LogP contribution in [0.5, 0.6) is 0 Å².